The number of hydrogen-bond acceptors (Lipinski definition) is 4. The molecule has 0 spiro atoms. The van der Waals surface area contributed by atoms with Gasteiger partial charge >= 0.3 is 0 Å². The van der Waals surface area contributed by atoms with Crippen LogP contribution in [0.2, 0.25) is 0 Å². The lowest BCUT2D eigenvalue weighted by molar-refractivity contribution is -0.115. The van der Waals surface area contributed by atoms with Gasteiger partial charge < -0.3 is 10.2 Å². The smallest absolute Gasteiger partial charge is 0.243 e. The third-order valence-electron chi connectivity index (χ3n) is 5.71. The zero-order valence-electron chi connectivity index (χ0n) is 17.6. The second-order valence-corrected chi connectivity index (χ2v) is 9.71. The number of carbonyl (C=O) groups excluding carboxylic acids is 1. The van der Waals surface area contributed by atoms with Gasteiger partial charge in [-0.25, -0.2) is 8.42 Å². The number of nitrogens with zero attached hydrogens (tertiary/aromatic N) is 2. The van der Waals surface area contributed by atoms with Crippen LogP contribution >= 0.6 is 0 Å². The maximum Gasteiger partial charge on any atom is 0.243 e. The number of likely N-dealkylation sites (N-methyl/N-ethyl adjacent to an activating group) is 1. The summed E-state index contributed by atoms with van der Waals surface area (Å²) in [6, 6.07) is 20.5. The number of rotatable bonds is 6. The third-order valence-corrected chi connectivity index (χ3v) is 7.61. The zero-order valence-corrected chi connectivity index (χ0v) is 18.4. The van der Waals surface area contributed by atoms with Crippen LogP contribution in [0.3, 0.4) is 0 Å². The van der Waals surface area contributed by atoms with Gasteiger partial charge in [-0.3, -0.25) is 4.79 Å². The maximum atomic E-state index is 13.0. The molecule has 0 saturated carbocycles. The van der Waals surface area contributed by atoms with Crippen LogP contribution < -0.4 is 5.32 Å². The highest BCUT2D eigenvalue weighted by atomic mass is 32.2. The minimum atomic E-state index is -3.58. The highest BCUT2D eigenvalue weighted by Crippen LogP contribution is 2.22. The Bertz CT molecular complexity index is 1190. The summed E-state index contributed by atoms with van der Waals surface area (Å²) < 4.78 is 27.6. The van der Waals surface area contributed by atoms with E-state index in [0.717, 1.165) is 36.0 Å². The molecule has 1 saturated heterocycles. The molecule has 3 aromatic carbocycles. The summed E-state index contributed by atoms with van der Waals surface area (Å²) in [6.45, 7) is 5.43. The van der Waals surface area contributed by atoms with Crippen LogP contribution in [0.15, 0.2) is 71.6 Å². The summed E-state index contributed by atoms with van der Waals surface area (Å²) in [6.07, 6.45) is 0.223. The van der Waals surface area contributed by atoms with Crippen molar-refractivity contribution in [3.8, 4) is 0 Å². The number of benzene rings is 3. The molecule has 1 fully saturated rings. The van der Waals surface area contributed by atoms with Crippen LogP contribution in [0, 0.1) is 0 Å². The van der Waals surface area contributed by atoms with Crippen LogP contribution in [0.4, 0.5) is 5.69 Å². The average molecular weight is 438 g/mol. The molecule has 1 aliphatic rings. The summed E-state index contributed by atoms with van der Waals surface area (Å²) in [5, 5.41) is 5.06. The van der Waals surface area contributed by atoms with E-state index in [-0.39, 0.29) is 17.2 Å². The Balaban J connectivity index is 1.44. The standard InChI is InChI=1S/C24H27N3O3S/c1-2-26-12-14-27(15-13-26)31(29,30)23-9-5-8-22(18-23)25-24(28)17-19-10-11-20-6-3-4-7-21(20)16-19/h3-11,16,18H,2,12-15,17H2,1H3,(H,25,28). The van der Waals surface area contributed by atoms with Gasteiger partial charge in [-0.15, -0.1) is 0 Å². The normalized spacial score (nSPS) is 15.8. The Morgan fingerprint density at radius 2 is 1.65 bits per heavy atom. The van der Waals surface area contributed by atoms with Crippen LogP contribution in [-0.4, -0.2) is 56.3 Å². The SMILES string of the molecule is CCN1CCN(S(=O)(=O)c2cccc(NC(=O)Cc3ccc4ccccc4c3)c2)CC1. The van der Waals surface area contributed by atoms with Gasteiger partial charge in [0.1, 0.15) is 0 Å². The van der Waals surface area contributed by atoms with Gasteiger partial charge in [0.25, 0.3) is 0 Å². The van der Waals surface area contributed by atoms with Gasteiger partial charge in [0, 0.05) is 31.9 Å². The largest absolute Gasteiger partial charge is 0.326 e. The number of anilines is 1. The molecule has 1 aliphatic heterocycles. The van der Waals surface area contributed by atoms with E-state index in [1.54, 1.807) is 24.3 Å². The fraction of sp³-hybridized carbons (Fsp3) is 0.292. The van der Waals surface area contributed by atoms with E-state index in [1.807, 2.05) is 42.5 Å². The monoisotopic (exact) mass is 437 g/mol. The van der Waals surface area contributed by atoms with Crippen molar-refractivity contribution >= 4 is 32.4 Å². The van der Waals surface area contributed by atoms with E-state index in [4.69, 9.17) is 0 Å². The number of fused-ring (bicyclic) bond motifs is 1. The van der Waals surface area contributed by atoms with Crippen LogP contribution in [0.1, 0.15) is 12.5 Å². The first kappa shape index (κ1) is 21.5. The predicted octanol–water partition coefficient (Wildman–Crippen LogP) is 3.35. The van der Waals surface area contributed by atoms with Gasteiger partial charge in [0.2, 0.25) is 15.9 Å². The zero-order chi connectivity index (χ0) is 21.8. The first-order valence-corrected chi connectivity index (χ1v) is 12.0. The second-order valence-electron chi connectivity index (χ2n) is 7.77. The van der Waals surface area contributed by atoms with Gasteiger partial charge in [-0.05, 0) is 41.1 Å². The van der Waals surface area contributed by atoms with Crippen molar-refractivity contribution in [3.63, 3.8) is 0 Å². The molecule has 3 aromatic rings. The molecular weight excluding hydrogens is 410 g/mol. The van der Waals surface area contributed by atoms with E-state index in [2.05, 4.69) is 17.1 Å². The van der Waals surface area contributed by atoms with Gasteiger partial charge in [0.05, 0.1) is 11.3 Å². The molecule has 1 N–H and O–H groups in total. The van der Waals surface area contributed by atoms with Crippen molar-refractivity contribution in [3.05, 3.63) is 72.3 Å². The van der Waals surface area contributed by atoms with E-state index < -0.39 is 10.0 Å². The van der Waals surface area contributed by atoms with Crippen molar-refractivity contribution in [2.45, 2.75) is 18.2 Å². The van der Waals surface area contributed by atoms with Crippen LogP contribution in [-0.2, 0) is 21.2 Å². The molecule has 4 rings (SSSR count). The molecule has 7 heteroatoms. The van der Waals surface area contributed by atoms with Gasteiger partial charge in [-0.2, -0.15) is 4.31 Å². The molecule has 6 nitrogen and oxygen atoms in total. The topological polar surface area (TPSA) is 69.7 Å². The Labute approximate surface area is 183 Å². The highest BCUT2D eigenvalue weighted by molar-refractivity contribution is 7.89. The molecular formula is C24H27N3O3S. The van der Waals surface area contributed by atoms with E-state index in [0.29, 0.717) is 18.8 Å². The first-order valence-electron chi connectivity index (χ1n) is 10.6. The molecule has 0 bridgehead atoms. The average Bonchev–Trinajstić information content (AvgIpc) is 2.79. The summed E-state index contributed by atoms with van der Waals surface area (Å²) in [7, 11) is -3.58. The lowest BCUT2D eigenvalue weighted by Gasteiger charge is -2.33. The minimum absolute atomic E-state index is 0.179. The second kappa shape index (κ2) is 9.18. The van der Waals surface area contributed by atoms with Crippen molar-refractivity contribution in [1.82, 2.24) is 9.21 Å². The summed E-state index contributed by atoms with van der Waals surface area (Å²) >= 11 is 0. The molecule has 1 amide bonds. The Morgan fingerprint density at radius 3 is 2.39 bits per heavy atom. The molecule has 162 valence electrons. The summed E-state index contributed by atoms with van der Waals surface area (Å²) in [5.41, 5.74) is 1.40. The quantitative estimate of drug-likeness (QED) is 0.642. The molecule has 0 aromatic heterocycles. The lowest BCUT2D eigenvalue weighted by Crippen LogP contribution is -2.48. The number of hydrogen-bond donors (Lipinski definition) is 1. The van der Waals surface area contributed by atoms with Crippen molar-refractivity contribution in [2.75, 3.05) is 38.0 Å². The van der Waals surface area contributed by atoms with Crippen molar-refractivity contribution in [1.29, 1.82) is 0 Å². The van der Waals surface area contributed by atoms with E-state index in [1.165, 1.54) is 4.31 Å². The van der Waals surface area contributed by atoms with Crippen LogP contribution in [0.25, 0.3) is 10.8 Å². The Morgan fingerprint density at radius 1 is 0.903 bits per heavy atom. The Hall–Kier alpha value is -2.74. The highest BCUT2D eigenvalue weighted by Gasteiger charge is 2.28. The number of sulfonamides is 1. The fourth-order valence-electron chi connectivity index (χ4n) is 3.91. The van der Waals surface area contributed by atoms with Crippen molar-refractivity contribution in [2.24, 2.45) is 0 Å². The molecule has 1 heterocycles. The predicted molar refractivity (Wildman–Crippen MR) is 124 cm³/mol. The molecule has 0 aliphatic carbocycles. The van der Waals surface area contributed by atoms with Gasteiger partial charge in [0.15, 0.2) is 0 Å². The lowest BCUT2D eigenvalue weighted by atomic mass is 10.0. The first-order chi connectivity index (χ1) is 15.0. The number of amides is 1. The minimum Gasteiger partial charge on any atom is -0.326 e. The molecule has 0 unspecified atom stereocenters. The summed E-state index contributed by atoms with van der Waals surface area (Å²) in [5.74, 6) is -0.179. The van der Waals surface area contributed by atoms with Gasteiger partial charge in [-0.1, -0.05) is 55.5 Å². The number of nitrogens with one attached hydrogen (secondary N) is 1. The molecule has 31 heavy (non-hydrogen) atoms. The van der Waals surface area contributed by atoms with Crippen molar-refractivity contribution < 1.29 is 13.2 Å². The number of piperazine rings is 1. The van der Waals surface area contributed by atoms with E-state index >= 15 is 0 Å². The molecule has 0 radical (unpaired) electrons. The van der Waals surface area contributed by atoms with E-state index in [9.17, 15) is 13.2 Å². The Kier molecular flexibility index (Phi) is 6.36. The number of carbonyl (C=O) groups is 1. The molecule has 0 atom stereocenters. The maximum absolute atomic E-state index is 13.0. The summed E-state index contributed by atoms with van der Waals surface area (Å²) in [4.78, 5) is 15.0. The third kappa shape index (κ3) is 4.95. The fourth-order valence-corrected chi connectivity index (χ4v) is 5.38. The van der Waals surface area contributed by atoms with Crippen LogP contribution in [0.5, 0.6) is 0 Å².